The van der Waals surface area contributed by atoms with Crippen molar-refractivity contribution in [2.45, 2.75) is 25.0 Å². The van der Waals surface area contributed by atoms with Gasteiger partial charge in [-0.1, -0.05) is 23.7 Å². The number of carbonyl (C=O) groups excluding carboxylic acids is 1. The molecule has 1 aliphatic heterocycles. The molecule has 168 valence electrons. The second kappa shape index (κ2) is 8.78. The van der Waals surface area contributed by atoms with Gasteiger partial charge in [0.1, 0.15) is 11.6 Å². The van der Waals surface area contributed by atoms with Gasteiger partial charge in [0.25, 0.3) is 5.91 Å². The highest BCUT2D eigenvalue weighted by molar-refractivity contribution is 6.31. The molecule has 1 aromatic heterocycles. The molecule has 0 unspecified atom stereocenters. The van der Waals surface area contributed by atoms with Gasteiger partial charge in [0, 0.05) is 24.2 Å². The number of para-hydroxylation sites is 1. The smallest absolute Gasteiger partial charge is 0.427 e. The van der Waals surface area contributed by atoms with Crippen LogP contribution in [-0.2, 0) is 0 Å². The Labute approximate surface area is 185 Å². The number of halogens is 5. The van der Waals surface area contributed by atoms with Gasteiger partial charge >= 0.3 is 12.5 Å². The minimum Gasteiger partial charge on any atom is -0.427 e. The highest BCUT2D eigenvalue weighted by atomic mass is 35.5. The molecule has 4 rings (SSSR count). The zero-order chi connectivity index (χ0) is 22.9. The van der Waals surface area contributed by atoms with Crippen LogP contribution in [0.2, 0.25) is 5.02 Å². The highest BCUT2D eigenvalue weighted by Crippen LogP contribution is 2.31. The molecular formula is C21H17ClF4N4O2. The van der Waals surface area contributed by atoms with Crippen molar-refractivity contribution in [3.05, 3.63) is 59.2 Å². The molecular weight excluding hydrogens is 452 g/mol. The lowest BCUT2D eigenvalue weighted by atomic mass is 10.1. The molecule has 2 heterocycles. The van der Waals surface area contributed by atoms with Gasteiger partial charge in [-0.05, 0) is 36.8 Å². The van der Waals surface area contributed by atoms with Crippen molar-refractivity contribution in [3.63, 3.8) is 0 Å². The zero-order valence-electron chi connectivity index (χ0n) is 16.4. The number of benzene rings is 2. The average Bonchev–Trinajstić information content (AvgIpc) is 3.21. The Balaban J connectivity index is 1.45. The summed E-state index contributed by atoms with van der Waals surface area (Å²) in [5, 5.41) is 3.72. The average molecular weight is 469 g/mol. The molecule has 1 fully saturated rings. The molecule has 1 amide bonds. The van der Waals surface area contributed by atoms with Crippen LogP contribution >= 0.6 is 11.6 Å². The topological polar surface area (TPSA) is 67.3 Å². The number of nitrogens with one attached hydrogen (secondary N) is 1. The number of alkyl halides is 4. The van der Waals surface area contributed by atoms with Gasteiger partial charge in [-0.25, -0.2) is 4.98 Å². The Hall–Kier alpha value is -3.14. The molecule has 1 atom stereocenters. The molecule has 11 heteroatoms. The minimum absolute atomic E-state index is 0.166. The predicted molar refractivity (Wildman–Crippen MR) is 111 cm³/mol. The molecule has 1 saturated heterocycles. The lowest BCUT2D eigenvalue weighted by molar-refractivity contribution is -0.253. The van der Waals surface area contributed by atoms with Gasteiger partial charge in [0.2, 0.25) is 0 Å². The molecule has 0 saturated carbocycles. The summed E-state index contributed by atoms with van der Waals surface area (Å²) in [4.78, 5) is 23.1. The van der Waals surface area contributed by atoms with Crippen molar-refractivity contribution < 1.29 is 27.1 Å². The van der Waals surface area contributed by atoms with Gasteiger partial charge in [0.05, 0.1) is 22.8 Å². The minimum atomic E-state index is -4.71. The van der Waals surface area contributed by atoms with E-state index in [-0.39, 0.29) is 18.2 Å². The number of hydrogen-bond acceptors (Lipinski definition) is 5. The van der Waals surface area contributed by atoms with Crippen LogP contribution in [0.15, 0.2) is 48.7 Å². The largest absolute Gasteiger partial charge is 0.461 e. The lowest BCUT2D eigenvalue weighted by Crippen LogP contribution is -2.35. The third-order valence-corrected chi connectivity index (χ3v) is 5.18. The lowest BCUT2D eigenvalue weighted by Gasteiger charge is -2.21. The van der Waals surface area contributed by atoms with Crippen LogP contribution in [-0.4, -0.2) is 52.4 Å². The van der Waals surface area contributed by atoms with Crippen LogP contribution in [0.25, 0.3) is 11.0 Å². The second-order valence-corrected chi connectivity index (χ2v) is 7.67. The van der Waals surface area contributed by atoms with Crippen molar-refractivity contribution in [2.75, 3.05) is 18.4 Å². The van der Waals surface area contributed by atoms with Gasteiger partial charge in [0.15, 0.2) is 0 Å². The van der Waals surface area contributed by atoms with E-state index in [2.05, 4.69) is 20.0 Å². The molecule has 6 nitrogen and oxygen atoms in total. The normalized spacial score (nSPS) is 16.6. The number of ether oxygens (including phenoxy) is 1. The van der Waals surface area contributed by atoms with E-state index in [1.165, 1.54) is 23.1 Å². The number of likely N-dealkylation sites (tertiary alicyclic amines) is 1. The van der Waals surface area contributed by atoms with Crippen molar-refractivity contribution in [2.24, 2.45) is 0 Å². The van der Waals surface area contributed by atoms with Gasteiger partial charge < -0.3 is 15.0 Å². The number of fused-ring (bicyclic) bond motifs is 1. The van der Waals surface area contributed by atoms with Crippen LogP contribution in [0, 0.1) is 0 Å². The summed E-state index contributed by atoms with van der Waals surface area (Å²) in [6, 6.07) is 10.1. The fraction of sp³-hybridized carbons (Fsp3) is 0.286. The Morgan fingerprint density at radius 3 is 2.78 bits per heavy atom. The summed E-state index contributed by atoms with van der Waals surface area (Å²) in [6.07, 6.45) is -6.60. The maximum atomic E-state index is 13.4. The first-order valence-corrected chi connectivity index (χ1v) is 10.0. The summed E-state index contributed by atoms with van der Waals surface area (Å²) in [7, 11) is 0. The first-order valence-electron chi connectivity index (χ1n) is 9.65. The summed E-state index contributed by atoms with van der Waals surface area (Å²) >= 11 is 5.99. The quantitative estimate of drug-likeness (QED) is 0.524. The van der Waals surface area contributed by atoms with E-state index in [9.17, 15) is 22.4 Å². The molecule has 3 aromatic rings. The fourth-order valence-electron chi connectivity index (χ4n) is 3.42. The van der Waals surface area contributed by atoms with Crippen molar-refractivity contribution in [1.29, 1.82) is 0 Å². The Bertz CT molecular complexity index is 1150. The van der Waals surface area contributed by atoms with Gasteiger partial charge in [-0.3, -0.25) is 9.78 Å². The maximum absolute atomic E-state index is 13.4. The van der Waals surface area contributed by atoms with E-state index < -0.39 is 24.2 Å². The van der Waals surface area contributed by atoms with Gasteiger partial charge in [-0.15, -0.1) is 0 Å². The van der Waals surface area contributed by atoms with E-state index in [1.54, 1.807) is 24.4 Å². The predicted octanol–water partition coefficient (Wildman–Crippen LogP) is 4.85. The van der Waals surface area contributed by atoms with Gasteiger partial charge in [-0.2, -0.15) is 17.6 Å². The zero-order valence-corrected chi connectivity index (χ0v) is 17.2. The third kappa shape index (κ3) is 4.69. The first-order chi connectivity index (χ1) is 15.2. The molecule has 0 bridgehead atoms. The first kappa shape index (κ1) is 22.1. The number of aromatic nitrogens is 2. The van der Waals surface area contributed by atoms with Crippen LogP contribution in [0.5, 0.6) is 5.75 Å². The summed E-state index contributed by atoms with van der Waals surface area (Å²) in [6.45, 7) is 0.594. The Morgan fingerprint density at radius 1 is 1.22 bits per heavy atom. The monoisotopic (exact) mass is 468 g/mol. The van der Waals surface area contributed by atoms with Crippen molar-refractivity contribution in [1.82, 2.24) is 14.9 Å². The summed E-state index contributed by atoms with van der Waals surface area (Å²) in [5.74, 6) is -0.692. The third-order valence-electron chi connectivity index (χ3n) is 4.95. The summed E-state index contributed by atoms with van der Waals surface area (Å²) in [5.41, 5.74) is 1.08. The van der Waals surface area contributed by atoms with E-state index in [1.807, 2.05) is 0 Å². The molecule has 0 spiro atoms. The molecule has 0 radical (unpaired) electrons. The molecule has 1 aliphatic rings. The molecule has 1 N–H and O–H groups in total. The van der Waals surface area contributed by atoms with Crippen LogP contribution < -0.4 is 10.1 Å². The Kier molecular flexibility index (Phi) is 6.05. The summed E-state index contributed by atoms with van der Waals surface area (Å²) < 4.78 is 55.9. The van der Waals surface area contributed by atoms with Crippen LogP contribution in [0.3, 0.4) is 0 Å². The highest BCUT2D eigenvalue weighted by Gasteiger charge is 2.44. The Morgan fingerprint density at radius 2 is 2.00 bits per heavy atom. The standard InChI is InChI=1S/C21H17ClF4N4O2/c22-12-5-6-15-16(9-12)29-18(10-27-15)28-13-7-8-30(11-13)19(31)14-3-1-2-4-17(14)32-21(25,26)20(23)24/h1-6,9-10,13,20H,7-8,11H2,(H,28,29)/t13-/m1/s1. The second-order valence-electron chi connectivity index (χ2n) is 7.23. The van der Waals surface area contributed by atoms with Crippen molar-refractivity contribution in [3.8, 4) is 5.75 Å². The fourth-order valence-corrected chi connectivity index (χ4v) is 3.59. The molecule has 32 heavy (non-hydrogen) atoms. The van der Waals surface area contributed by atoms with E-state index in [0.717, 1.165) is 6.07 Å². The van der Waals surface area contributed by atoms with Crippen molar-refractivity contribution >= 4 is 34.4 Å². The number of carbonyl (C=O) groups is 1. The van der Waals surface area contributed by atoms with Crippen LogP contribution in [0.4, 0.5) is 23.4 Å². The number of nitrogens with zero attached hydrogens (tertiary/aromatic N) is 3. The number of rotatable bonds is 6. The van der Waals surface area contributed by atoms with E-state index in [0.29, 0.717) is 34.8 Å². The molecule has 2 aromatic carbocycles. The maximum Gasteiger partial charge on any atom is 0.461 e. The van der Waals surface area contributed by atoms with E-state index >= 15 is 0 Å². The number of amides is 1. The molecule has 0 aliphatic carbocycles. The van der Waals surface area contributed by atoms with E-state index in [4.69, 9.17) is 11.6 Å². The SMILES string of the molecule is O=C(c1ccccc1OC(F)(F)C(F)F)N1CC[C@@H](Nc2cnc3ccc(Cl)cc3n2)C1. The van der Waals surface area contributed by atoms with Crippen LogP contribution in [0.1, 0.15) is 16.8 Å². The number of hydrogen-bond donors (Lipinski definition) is 1. The number of anilines is 1.